The first-order valence-corrected chi connectivity index (χ1v) is 19.1. The Kier molecular flexibility index (Phi) is 10.9. The molecule has 0 aliphatic carbocycles. The van der Waals surface area contributed by atoms with Crippen LogP contribution in [0.25, 0.3) is 10.8 Å². The van der Waals surface area contributed by atoms with Gasteiger partial charge in [0.05, 0.1) is 36.8 Å². The van der Waals surface area contributed by atoms with Gasteiger partial charge in [0, 0.05) is 55.4 Å². The number of carbonyl (C=O) groups is 2. The maximum Gasteiger partial charge on any atom is 0.410 e. The number of carboxylic acid groups (broad SMARTS) is 1. The van der Waals surface area contributed by atoms with E-state index in [1.807, 2.05) is 70.2 Å². The summed E-state index contributed by atoms with van der Waals surface area (Å²) in [6, 6.07) is 24.2. The number of piperazine rings is 1. The SMILES string of the molecule is C[C@@H](Oc1nc2c(c(N3CCN(C(=O)O)C(CC#N)C3)n1)CCN(c1cc(OCc3ccccc3)cc3ccccc13)C2)[C@H]1CCCN1C(=O)OC(C)(C)C. The van der Waals surface area contributed by atoms with Crippen LogP contribution in [0.2, 0.25) is 0 Å². The fourth-order valence-electron chi connectivity index (χ4n) is 7.91. The van der Waals surface area contributed by atoms with Crippen LogP contribution in [-0.4, -0.2) is 93.6 Å². The Morgan fingerprint density at radius 1 is 0.982 bits per heavy atom. The number of anilines is 2. The van der Waals surface area contributed by atoms with Crippen LogP contribution in [0.5, 0.6) is 11.8 Å². The van der Waals surface area contributed by atoms with Gasteiger partial charge in [0.25, 0.3) is 0 Å². The number of rotatable bonds is 9. The normalized spacial score (nSPS) is 19.1. The third-order valence-electron chi connectivity index (χ3n) is 10.5. The number of hydrogen-bond donors (Lipinski definition) is 1. The van der Waals surface area contributed by atoms with E-state index in [1.54, 1.807) is 4.90 Å². The zero-order chi connectivity index (χ0) is 38.7. The van der Waals surface area contributed by atoms with Crippen molar-refractivity contribution in [2.75, 3.05) is 42.5 Å². The Labute approximate surface area is 322 Å². The van der Waals surface area contributed by atoms with Crippen LogP contribution in [0.4, 0.5) is 21.1 Å². The van der Waals surface area contributed by atoms with E-state index in [4.69, 9.17) is 24.2 Å². The second kappa shape index (κ2) is 15.9. The second-order valence-corrected chi connectivity index (χ2v) is 15.5. The molecule has 3 atom stereocenters. The largest absolute Gasteiger partial charge is 0.489 e. The number of ether oxygens (including phenoxy) is 3. The number of nitrogens with zero attached hydrogens (tertiary/aromatic N) is 7. The van der Waals surface area contributed by atoms with Crippen molar-refractivity contribution >= 4 is 34.5 Å². The van der Waals surface area contributed by atoms with Gasteiger partial charge < -0.3 is 38.9 Å². The molecule has 4 aromatic rings. The lowest BCUT2D eigenvalue weighted by Crippen LogP contribution is -2.55. The van der Waals surface area contributed by atoms with Crippen LogP contribution in [0.1, 0.15) is 63.8 Å². The maximum atomic E-state index is 13.2. The molecule has 3 aromatic carbocycles. The summed E-state index contributed by atoms with van der Waals surface area (Å²) in [5, 5.41) is 21.6. The number of amides is 2. The first-order chi connectivity index (χ1) is 26.5. The van der Waals surface area contributed by atoms with E-state index in [0.29, 0.717) is 51.6 Å². The lowest BCUT2D eigenvalue weighted by molar-refractivity contribution is 0.0102. The molecule has 2 fully saturated rings. The minimum atomic E-state index is -1.04. The van der Waals surface area contributed by atoms with E-state index in [9.17, 15) is 20.0 Å². The highest BCUT2D eigenvalue weighted by Crippen LogP contribution is 2.38. The molecule has 13 nitrogen and oxygen atoms in total. The minimum absolute atomic E-state index is 0.0716. The average Bonchev–Trinajstić information content (AvgIpc) is 3.67. The molecule has 2 saturated heterocycles. The first kappa shape index (κ1) is 37.5. The van der Waals surface area contributed by atoms with Gasteiger partial charge in [-0.1, -0.05) is 54.6 Å². The molecule has 13 heteroatoms. The molecule has 3 aliphatic heterocycles. The Balaban J connectivity index is 1.21. The number of carbonyl (C=O) groups excluding carboxylic acids is 1. The predicted octanol–water partition coefficient (Wildman–Crippen LogP) is 7.02. The fourth-order valence-corrected chi connectivity index (χ4v) is 7.91. The lowest BCUT2D eigenvalue weighted by atomic mass is 10.0. The van der Waals surface area contributed by atoms with Crippen LogP contribution in [-0.2, 0) is 24.3 Å². The second-order valence-electron chi connectivity index (χ2n) is 15.5. The van der Waals surface area contributed by atoms with Crippen LogP contribution >= 0.6 is 0 Å². The summed E-state index contributed by atoms with van der Waals surface area (Å²) in [4.78, 5) is 42.7. The molecule has 55 heavy (non-hydrogen) atoms. The van der Waals surface area contributed by atoms with Gasteiger partial charge in [0.2, 0.25) is 0 Å². The van der Waals surface area contributed by atoms with E-state index in [1.165, 1.54) is 4.90 Å². The monoisotopic (exact) mass is 747 g/mol. The highest BCUT2D eigenvalue weighted by atomic mass is 16.6. The highest BCUT2D eigenvalue weighted by Gasteiger charge is 2.38. The standard InChI is InChI=1S/C42H49N7O6/c1-28(36-15-10-19-49(36)41(52)55-42(2,3)4)54-39-44-35-26-46(20-17-34(35)38(45-39)47-21-22-48(40(50)51)31(25-47)16-18-43)37-24-32(23-30-13-8-9-14-33(30)37)53-27-29-11-6-5-7-12-29/h5-9,11-14,23-24,28,31,36H,10,15-17,19-22,25-27H2,1-4H3,(H,50,51)/t28-,31?,36-/m1/s1. The Bertz CT molecular complexity index is 2070. The number of hydrogen-bond acceptors (Lipinski definition) is 10. The summed E-state index contributed by atoms with van der Waals surface area (Å²) >= 11 is 0. The van der Waals surface area contributed by atoms with Gasteiger partial charge in [-0.15, -0.1) is 0 Å². The van der Waals surface area contributed by atoms with E-state index >= 15 is 0 Å². The zero-order valence-electron chi connectivity index (χ0n) is 32.0. The third kappa shape index (κ3) is 8.48. The van der Waals surface area contributed by atoms with Crippen molar-refractivity contribution in [3.8, 4) is 17.8 Å². The third-order valence-corrected chi connectivity index (χ3v) is 10.5. The Morgan fingerprint density at radius 2 is 1.76 bits per heavy atom. The van der Waals surface area contributed by atoms with E-state index in [2.05, 4.69) is 40.1 Å². The Morgan fingerprint density at radius 3 is 2.53 bits per heavy atom. The molecular weight excluding hydrogens is 699 g/mol. The van der Waals surface area contributed by atoms with Crippen LogP contribution in [0.3, 0.4) is 0 Å². The topological polar surface area (TPSA) is 145 Å². The van der Waals surface area contributed by atoms with Crippen molar-refractivity contribution < 1.29 is 28.9 Å². The number of aromatic nitrogens is 2. The van der Waals surface area contributed by atoms with E-state index in [-0.39, 0.29) is 31.1 Å². The minimum Gasteiger partial charge on any atom is -0.489 e. The molecule has 1 N–H and O–H groups in total. The maximum absolute atomic E-state index is 13.2. The number of benzene rings is 3. The van der Waals surface area contributed by atoms with Gasteiger partial charge in [0.1, 0.15) is 29.9 Å². The molecule has 0 spiro atoms. The van der Waals surface area contributed by atoms with Crippen LogP contribution in [0.15, 0.2) is 66.7 Å². The van der Waals surface area contributed by atoms with Gasteiger partial charge >= 0.3 is 18.2 Å². The molecule has 3 aliphatic rings. The molecule has 4 heterocycles. The van der Waals surface area contributed by atoms with Gasteiger partial charge in [-0.3, -0.25) is 0 Å². The molecule has 288 valence electrons. The quantitative estimate of drug-likeness (QED) is 0.189. The van der Waals surface area contributed by atoms with E-state index in [0.717, 1.165) is 51.9 Å². The van der Waals surface area contributed by atoms with Crippen molar-refractivity contribution in [2.45, 2.75) is 90.3 Å². The van der Waals surface area contributed by atoms with E-state index < -0.39 is 23.8 Å². The molecule has 0 saturated carbocycles. The summed E-state index contributed by atoms with van der Waals surface area (Å²) in [6.07, 6.45) is 0.469. The van der Waals surface area contributed by atoms with Crippen molar-refractivity contribution in [3.63, 3.8) is 0 Å². The summed E-state index contributed by atoms with van der Waals surface area (Å²) < 4.78 is 18.6. The van der Waals surface area contributed by atoms with Crippen LogP contribution < -0.4 is 19.3 Å². The van der Waals surface area contributed by atoms with Gasteiger partial charge in [-0.05, 0) is 64.0 Å². The summed E-state index contributed by atoms with van der Waals surface area (Å²) in [5.41, 5.74) is 3.29. The summed E-state index contributed by atoms with van der Waals surface area (Å²) in [5.74, 6) is 1.47. The predicted molar refractivity (Wildman–Crippen MR) is 209 cm³/mol. The molecule has 1 aromatic heterocycles. The lowest BCUT2D eigenvalue weighted by Gasteiger charge is -2.41. The zero-order valence-corrected chi connectivity index (χ0v) is 32.0. The number of likely N-dealkylation sites (tertiary alicyclic amines) is 1. The first-order valence-electron chi connectivity index (χ1n) is 19.1. The van der Waals surface area contributed by atoms with Crippen molar-refractivity contribution in [1.82, 2.24) is 19.8 Å². The molecule has 0 radical (unpaired) electrons. The fraction of sp³-hybridized carbons (Fsp3) is 0.452. The van der Waals surface area contributed by atoms with Gasteiger partial charge in [-0.2, -0.15) is 15.2 Å². The van der Waals surface area contributed by atoms with Crippen molar-refractivity contribution in [2.24, 2.45) is 0 Å². The van der Waals surface area contributed by atoms with Gasteiger partial charge in [-0.25, -0.2) is 9.59 Å². The van der Waals surface area contributed by atoms with Gasteiger partial charge in [0.15, 0.2) is 0 Å². The molecule has 2 amide bonds. The Hall–Kier alpha value is -5.77. The van der Waals surface area contributed by atoms with Crippen molar-refractivity contribution in [3.05, 3.63) is 83.6 Å². The number of fused-ring (bicyclic) bond motifs is 2. The smallest absolute Gasteiger partial charge is 0.410 e. The molecular formula is C42H49N7O6. The molecule has 1 unspecified atom stereocenters. The summed E-state index contributed by atoms with van der Waals surface area (Å²) in [7, 11) is 0. The average molecular weight is 748 g/mol. The molecule has 0 bridgehead atoms. The highest BCUT2D eigenvalue weighted by molar-refractivity contribution is 5.96. The number of nitriles is 1. The summed E-state index contributed by atoms with van der Waals surface area (Å²) in [6.45, 7) is 10.7. The van der Waals surface area contributed by atoms with Crippen LogP contribution in [0, 0.1) is 11.3 Å². The van der Waals surface area contributed by atoms with Crippen molar-refractivity contribution in [1.29, 1.82) is 5.26 Å². The molecule has 7 rings (SSSR count).